The van der Waals surface area contributed by atoms with Crippen molar-refractivity contribution < 1.29 is 23.9 Å². The van der Waals surface area contributed by atoms with Gasteiger partial charge in [0.05, 0.1) is 12.0 Å². The number of nitrogens with zero attached hydrogens (tertiary/aromatic N) is 1. The van der Waals surface area contributed by atoms with Crippen molar-refractivity contribution in [3.63, 3.8) is 0 Å². The summed E-state index contributed by atoms with van der Waals surface area (Å²) < 4.78 is 11.3. The molecule has 0 spiro atoms. The molecule has 1 N–H and O–H groups in total. The van der Waals surface area contributed by atoms with Crippen LogP contribution in [-0.2, 0) is 19.1 Å². The predicted molar refractivity (Wildman–Crippen MR) is 115 cm³/mol. The highest BCUT2D eigenvalue weighted by Gasteiger charge is 2.28. The molecule has 166 valence electrons. The quantitative estimate of drug-likeness (QED) is 0.593. The number of hydrogen-bond acceptors (Lipinski definition) is 5. The Morgan fingerprint density at radius 1 is 1.19 bits per heavy atom. The van der Waals surface area contributed by atoms with E-state index < -0.39 is 5.60 Å². The van der Waals surface area contributed by atoms with Crippen molar-refractivity contribution in [3.05, 3.63) is 35.4 Å². The molecule has 2 saturated heterocycles. The number of nitrogens with one attached hydrogen (secondary N) is 1. The van der Waals surface area contributed by atoms with Gasteiger partial charge >= 0.3 is 6.09 Å². The molecule has 1 unspecified atom stereocenters. The number of rotatable bonds is 3. The molecule has 1 aromatic carbocycles. The van der Waals surface area contributed by atoms with Gasteiger partial charge in [0, 0.05) is 25.1 Å². The molecule has 2 aliphatic rings. The molecule has 31 heavy (non-hydrogen) atoms. The summed E-state index contributed by atoms with van der Waals surface area (Å²) in [6.07, 6.45) is 2.18. The normalized spacial score (nSPS) is 20.0. The predicted octanol–water partition coefficient (Wildman–Crippen LogP) is 2.97. The molecule has 1 aromatic rings. The Bertz CT molecular complexity index is 885. The van der Waals surface area contributed by atoms with Crippen LogP contribution in [0.2, 0.25) is 0 Å². The minimum atomic E-state index is -0.491. The number of carbonyl (C=O) groups excluding carboxylic acids is 3. The highest BCUT2D eigenvalue weighted by molar-refractivity contribution is 6.00. The van der Waals surface area contributed by atoms with E-state index in [4.69, 9.17) is 9.47 Å². The van der Waals surface area contributed by atoms with Crippen molar-refractivity contribution in [1.29, 1.82) is 0 Å². The summed E-state index contributed by atoms with van der Waals surface area (Å²) in [4.78, 5) is 37.2. The lowest BCUT2D eigenvalue weighted by Gasteiger charge is -2.33. The second kappa shape index (κ2) is 9.97. The number of piperidine rings is 2. The molecular weight excluding hydrogens is 396 g/mol. The first-order valence-electron chi connectivity index (χ1n) is 10.7. The molecule has 1 atom stereocenters. The van der Waals surface area contributed by atoms with Gasteiger partial charge in [0.25, 0.3) is 0 Å². The maximum Gasteiger partial charge on any atom is 0.410 e. The van der Waals surface area contributed by atoms with E-state index in [0.29, 0.717) is 32.5 Å². The fourth-order valence-corrected chi connectivity index (χ4v) is 3.67. The highest BCUT2D eigenvalue weighted by atomic mass is 16.6. The van der Waals surface area contributed by atoms with E-state index in [1.54, 1.807) is 4.90 Å². The van der Waals surface area contributed by atoms with Crippen LogP contribution in [0.5, 0.6) is 0 Å². The average molecular weight is 427 g/mol. The number of carbonyl (C=O) groups is 3. The number of benzene rings is 1. The van der Waals surface area contributed by atoms with E-state index in [9.17, 15) is 14.4 Å². The Balaban J connectivity index is 1.45. The summed E-state index contributed by atoms with van der Waals surface area (Å²) >= 11 is 0. The van der Waals surface area contributed by atoms with Crippen LogP contribution in [0.25, 0.3) is 0 Å². The third-order valence-electron chi connectivity index (χ3n) is 5.25. The van der Waals surface area contributed by atoms with Crippen LogP contribution >= 0.6 is 0 Å². The number of ether oxygens (including phenoxy) is 2. The summed E-state index contributed by atoms with van der Waals surface area (Å²) in [7, 11) is 0. The Labute approximate surface area is 183 Å². The molecule has 2 aliphatic heterocycles. The summed E-state index contributed by atoms with van der Waals surface area (Å²) in [5.74, 6) is 5.33. The van der Waals surface area contributed by atoms with Crippen LogP contribution < -0.4 is 5.32 Å². The third kappa shape index (κ3) is 6.83. The molecule has 0 bridgehead atoms. The summed E-state index contributed by atoms with van der Waals surface area (Å²) in [6, 6.07) is 7.55. The maximum absolute atomic E-state index is 12.1. The lowest BCUT2D eigenvalue weighted by Crippen LogP contribution is -2.43. The molecule has 3 rings (SSSR count). The van der Waals surface area contributed by atoms with Crippen molar-refractivity contribution in [2.24, 2.45) is 0 Å². The van der Waals surface area contributed by atoms with Gasteiger partial charge in [-0.1, -0.05) is 24.0 Å². The first-order valence-corrected chi connectivity index (χ1v) is 10.7. The fraction of sp³-hybridized carbons (Fsp3) is 0.542. The van der Waals surface area contributed by atoms with Crippen molar-refractivity contribution >= 4 is 17.9 Å². The summed E-state index contributed by atoms with van der Waals surface area (Å²) in [5, 5.41) is 2.39. The van der Waals surface area contributed by atoms with E-state index in [-0.39, 0.29) is 29.9 Å². The summed E-state index contributed by atoms with van der Waals surface area (Å²) in [5.41, 5.74) is 1.19. The molecular formula is C24H30N2O5. The molecule has 7 heteroatoms. The Hall–Kier alpha value is -2.85. The van der Waals surface area contributed by atoms with E-state index in [2.05, 4.69) is 17.2 Å². The van der Waals surface area contributed by atoms with Crippen LogP contribution in [0.4, 0.5) is 4.79 Å². The van der Waals surface area contributed by atoms with Crippen molar-refractivity contribution in [3.8, 4) is 11.8 Å². The molecule has 3 amide bonds. The smallest absolute Gasteiger partial charge is 0.410 e. The molecule has 2 fully saturated rings. The van der Waals surface area contributed by atoms with Crippen LogP contribution in [-0.4, -0.2) is 54.2 Å². The van der Waals surface area contributed by atoms with Crippen LogP contribution in [0.1, 0.15) is 63.5 Å². The monoisotopic (exact) mass is 426 g/mol. The minimum Gasteiger partial charge on any atom is -0.444 e. The SMILES string of the molecule is CC(C)(C)OC(=O)N1CCC(OCC#Cc2cccc(C3CCC(=O)NC3=O)c2)CC1. The van der Waals surface area contributed by atoms with Gasteiger partial charge in [0.1, 0.15) is 12.2 Å². The lowest BCUT2D eigenvalue weighted by molar-refractivity contribution is -0.134. The topological polar surface area (TPSA) is 84.9 Å². The van der Waals surface area contributed by atoms with E-state index in [1.165, 1.54) is 0 Å². The second-order valence-electron chi connectivity index (χ2n) is 8.91. The molecule has 7 nitrogen and oxygen atoms in total. The van der Waals surface area contributed by atoms with Gasteiger partial charge in [0.2, 0.25) is 11.8 Å². The van der Waals surface area contributed by atoms with Crippen molar-refractivity contribution in [1.82, 2.24) is 10.2 Å². The fourth-order valence-electron chi connectivity index (χ4n) is 3.67. The molecule has 0 aromatic heterocycles. The first-order chi connectivity index (χ1) is 14.7. The zero-order chi connectivity index (χ0) is 22.4. The lowest BCUT2D eigenvalue weighted by atomic mass is 9.90. The van der Waals surface area contributed by atoms with Gasteiger partial charge in [-0.15, -0.1) is 0 Å². The van der Waals surface area contributed by atoms with Gasteiger partial charge in [-0.25, -0.2) is 4.79 Å². The van der Waals surface area contributed by atoms with Crippen LogP contribution in [0.15, 0.2) is 24.3 Å². The molecule has 0 radical (unpaired) electrons. The maximum atomic E-state index is 12.1. The number of amides is 3. The largest absolute Gasteiger partial charge is 0.444 e. The number of likely N-dealkylation sites (tertiary alicyclic amines) is 1. The second-order valence-corrected chi connectivity index (χ2v) is 8.91. The zero-order valence-corrected chi connectivity index (χ0v) is 18.4. The Morgan fingerprint density at radius 3 is 2.61 bits per heavy atom. The molecule has 0 aliphatic carbocycles. The highest BCUT2D eigenvalue weighted by Crippen LogP contribution is 2.25. The van der Waals surface area contributed by atoms with Gasteiger partial charge < -0.3 is 14.4 Å². The first kappa shape index (κ1) is 22.8. The van der Waals surface area contributed by atoms with Crippen molar-refractivity contribution in [2.75, 3.05) is 19.7 Å². The molecule has 0 saturated carbocycles. The Morgan fingerprint density at radius 2 is 1.94 bits per heavy atom. The minimum absolute atomic E-state index is 0.0720. The molecule has 2 heterocycles. The van der Waals surface area contributed by atoms with Crippen molar-refractivity contribution in [2.45, 2.75) is 64.1 Å². The Kier molecular flexibility index (Phi) is 7.34. The van der Waals surface area contributed by atoms with E-state index in [0.717, 1.165) is 24.0 Å². The zero-order valence-electron chi connectivity index (χ0n) is 18.4. The van der Waals surface area contributed by atoms with Gasteiger partial charge in [-0.2, -0.15) is 0 Å². The van der Waals surface area contributed by atoms with Gasteiger partial charge in [0.15, 0.2) is 0 Å². The van der Waals surface area contributed by atoms with E-state index in [1.807, 2.05) is 45.0 Å². The number of hydrogen-bond donors (Lipinski definition) is 1. The third-order valence-corrected chi connectivity index (χ3v) is 5.25. The standard InChI is InChI=1S/C24H30N2O5/c1-24(2,3)31-23(29)26-13-11-19(12-14-26)30-15-5-7-17-6-4-8-18(16-17)20-9-10-21(27)25-22(20)28/h4,6,8,16,19-20H,9-15H2,1-3H3,(H,25,27,28). The van der Waals surface area contributed by atoms with E-state index >= 15 is 0 Å². The average Bonchev–Trinajstić information content (AvgIpc) is 2.70. The van der Waals surface area contributed by atoms with Crippen LogP contribution in [0, 0.1) is 11.8 Å². The summed E-state index contributed by atoms with van der Waals surface area (Å²) in [6.45, 7) is 7.11. The van der Waals surface area contributed by atoms with Gasteiger partial charge in [-0.05, 0) is 57.7 Å². The van der Waals surface area contributed by atoms with Crippen LogP contribution in [0.3, 0.4) is 0 Å². The van der Waals surface area contributed by atoms with Gasteiger partial charge in [-0.3, -0.25) is 14.9 Å². The number of imide groups is 1.